The van der Waals surface area contributed by atoms with Crippen molar-refractivity contribution in [2.24, 2.45) is 12.5 Å². The summed E-state index contributed by atoms with van der Waals surface area (Å²) >= 11 is 0. The Balaban J connectivity index is 2.32. The van der Waals surface area contributed by atoms with Crippen molar-refractivity contribution in [3.8, 4) is 0 Å². The van der Waals surface area contributed by atoms with Crippen molar-refractivity contribution in [1.82, 2.24) is 15.1 Å². The Bertz CT molecular complexity index is 295. The van der Waals surface area contributed by atoms with Crippen LogP contribution in [0, 0.1) is 5.41 Å². The third-order valence-electron chi connectivity index (χ3n) is 2.39. The van der Waals surface area contributed by atoms with Crippen LogP contribution in [-0.2, 0) is 13.6 Å². The molecule has 0 saturated heterocycles. The van der Waals surface area contributed by atoms with Gasteiger partial charge in [-0.25, -0.2) is 0 Å². The number of aryl methyl sites for hydroxylation is 1. The second-order valence-corrected chi connectivity index (χ2v) is 4.21. The van der Waals surface area contributed by atoms with Crippen LogP contribution >= 0.6 is 0 Å². The van der Waals surface area contributed by atoms with E-state index in [1.54, 1.807) is 4.68 Å². The molecule has 1 aromatic heterocycles. The first kappa shape index (κ1) is 12.2. The van der Waals surface area contributed by atoms with E-state index in [1.165, 1.54) is 0 Å². The van der Waals surface area contributed by atoms with Gasteiger partial charge in [-0.2, -0.15) is 5.10 Å². The van der Waals surface area contributed by atoms with Crippen molar-refractivity contribution in [3.63, 3.8) is 0 Å². The van der Waals surface area contributed by atoms with Gasteiger partial charge in [0.2, 0.25) is 0 Å². The predicted octanol–water partition coefficient (Wildman–Crippen LogP) is -0.499. The fraction of sp³-hybridized carbons (Fsp3) is 0.700. The lowest BCUT2D eigenvalue weighted by atomic mass is 9.93. The molecule has 0 aliphatic heterocycles. The number of aliphatic hydroxyl groups excluding tert-OH is 2. The number of hydrogen-bond donors (Lipinski definition) is 3. The van der Waals surface area contributed by atoms with Crippen LogP contribution in [0.5, 0.6) is 0 Å². The zero-order valence-corrected chi connectivity index (χ0v) is 9.27. The molecule has 0 aromatic carbocycles. The summed E-state index contributed by atoms with van der Waals surface area (Å²) in [5.74, 6) is 0. The first-order valence-electron chi connectivity index (χ1n) is 5.00. The van der Waals surface area contributed by atoms with Crippen LogP contribution in [0.25, 0.3) is 0 Å². The third kappa shape index (κ3) is 3.62. The fourth-order valence-corrected chi connectivity index (χ4v) is 1.21. The molecule has 0 unspecified atom stereocenters. The first-order valence-corrected chi connectivity index (χ1v) is 5.00. The molecular weight excluding hydrogens is 194 g/mol. The molecule has 0 fully saturated rings. The highest BCUT2D eigenvalue weighted by Gasteiger charge is 2.21. The molecule has 0 radical (unpaired) electrons. The standard InChI is InChI=1S/C10H19N3O2/c1-10(7-14,8-15)6-11-5-9-3-4-13(2)12-9/h3-4,11,14-15H,5-8H2,1-2H3. The number of rotatable bonds is 6. The van der Waals surface area contributed by atoms with Crippen LogP contribution in [0.15, 0.2) is 12.3 Å². The zero-order chi connectivity index (χ0) is 11.3. The lowest BCUT2D eigenvalue weighted by Gasteiger charge is -2.24. The molecule has 0 aliphatic rings. The molecule has 0 atom stereocenters. The van der Waals surface area contributed by atoms with Crippen molar-refractivity contribution in [2.45, 2.75) is 13.5 Å². The number of aromatic nitrogens is 2. The van der Waals surface area contributed by atoms with E-state index in [0.29, 0.717) is 13.1 Å². The summed E-state index contributed by atoms with van der Waals surface area (Å²) in [7, 11) is 1.87. The summed E-state index contributed by atoms with van der Waals surface area (Å²) in [6.45, 7) is 2.99. The van der Waals surface area contributed by atoms with E-state index < -0.39 is 5.41 Å². The molecule has 1 aromatic rings. The van der Waals surface area contributed by atoms with Gasteiger partial charge in [-0.1, -0.05) is 6.92 Å². The maximum Gasteiger partial charge on any atom is 0.0762 e. The Morgan fingerprint density at radius 1 is 1.47 bits per heavy atom. The average molecular weight is 213 g/mol. The molecule has 0 spiro atoms. The molecule has 3 N–H and O–H groups in total. The van der Waals surface area contributed by atoms with Crippen molar-refractivity contribution in [2.75, 3.05) is 19.8 Å². The lowest BCUT2D eigenvalue weighted by molar-refractivity contribution is 0.0694. The van der Waals surface area contributed by atoms with Gasteiger partial charge in [-0.15, -0.1) is 0 Å². The summed E-state index contributed by atoms with van der Waals surface area (Å²) in [5, 5.41) is 25.5. The van der Waals surface area contributed by atoms with Gasteiger partial charge in [0.25, 0.3) is 0 Å². The highest BCUT2D eigenvalue weighted by atomic mass is 16.3. The molecule has 5 heteroatoms. The zero-order valence-electron chi connectivity index (χ0n) is 9.27. The quantitative estimate of drug-likeness (QED) is 0.596. The van der Waals surface area contributed by atoms with E-state index in [9.17, 15) is 0 Å². The number of nitrogens with one attached hydrogen (secondary N) is 1. The first-order chi connectivity index (χ1) is 7.09. The normalized spacial score (nSPS) is 12.0. The maximum absolute atomic E-state index is 9.07. The molecule has 1 rings (SSSR count). The van der Waals surface area contributed by atoms with Crippen molar-refractivity contribution in [1.29, 1.82) is 0 Å². The van der Waals surface area contributed by atoms with Crippen LogP contribution in [0.1, 0.15) is 12.6 Å². The minimum atomic E-state index is -0.464. The predicted molar refractivity (Wildman–Crippen MR) is 57.2 cm³/mol. The van der Waals surface area contributed by atoms with Crippen molar-refractivity contribution >= 4 is 0 Å². The molecule has 0 amide bonds. The SMILES string of the molecule is Cn1ccc(CNCC(C)(CO)CO)n1. The van der Waals surface area contributed by atoms with Crippen LogP contribution in [-0.4, -0.2) is 39.8 Å². The second-order valence-electron chi connectivity index (χ2n) is 4.21. The van der Waals surface area contributed by atoms with E-state index in [4.69, 9.17) is 10.2 Å². The second kappa shape index (κ2) is 5.25. The topological polar surface area (TPSA) is 70.3 Å². The van der Waals surface area contributed by atoms with Gasteiger partial charge >= 0.3 is 0 Å². The van der Waals surface area contributed by atoms with Gasteiger partial charge in [-0.05, 0) is 6.07 Å². The molecule has 5 nitrogen and oxygen atoms in total. The summed E-state index contributed by atoms with van der Waals surface area (Å²) in [5.41, 5.74) is 0.491. The Hall–Kier alpha value is -0.910. The summed E-state index contributed by atoms with van der Waals surface area (Å²) in [6.07, 6.45) is 1.88. The summed E-state index contributed by atoms with van der Waals surface area (Å²) in [4.78, 5) is 0. The molecule has 86 valence electrons. The van der Waals surface area contributed by atoms with E-state index >= 15 is 0 Å². The monoisotopic (exact) mass is 213 g/mol. The molecule has 0 bridgehead atoms. The Kier molecular flexibility index (Phi) is 4.26. The third-order valence-corrected chi connectivity index (χ3v) is 2.39. The molecule has 0 aliphatic carbocycles. The minimum absolute atomic E-state index is 0.0290. The van der Waals surface area contributed by atoms with Gasteiger partial charge < -0.3 is 15.5 Å². The minimum Gasteiger partial charge on any atom is -0.396 e. The Morgan fingerprint density at radius 2 is 2.13 bits per heavy atom. The lowest BCUT2D eigenvalue weighted by Crippen LogP contribution is -2.37. The van der Waals surface area contributed by atoms with Crippen molar-refractivity contribution < 1.29 is 10.2 Å². The Labute approximate surface area is 89.7 Å². The van der Waals surface area contributed by atoms with Gasteiger partial charge in [0.15, 0.2) is 0 Å². The molecule has 15 heavy (non-hydrogen) atoms. The van der Waals surface area contributed by atoms with E-state index in [-0.39, 0.29) is 13.2 Å². The van der Waals surface area contributed by atoms with Crippen LogP contribution in [0.3, 0.4) is 0 Å². The van der Waals surface area contributed by atoms with Crippen LogP contribution < -0.4 is 5.32 Å². The van der Waals surface area contributed by atoms with E-state index in [2.05, 4.69) is 10.4 Å². The van der Waals surface area contributed by atoms with Crippen molar-refractivity contribution in [3.05, 3.63) is 18.0 Å². The van der Waals surface area contributed by atoms with Gasteiger partial charge in [-0.3, -0.25) is 4.68 Å². The summed E-state index contributed by atoms with van der Waals surface area (Å²) in [6, 6.07) is 1.93. The highest BCUT2D eigenvalue weighted by Crippen LogP contribution is 2.12. The van der Waals surface area contributed by atoms with E-state index in [1.807, 2.05) is 26.2 Å². The van der Waals surface area contributed by atoms with Gasteiger partial charge in [0.1, 0.15) is 0 Å². The highest BCUT2D eigenvalue weighted by molar-refractivity contribution is 4.98. The molecule has 1 heterocycles. The van der Waals surface area contributed by atoms with Gasteiger partial charge in [0.05, 0.1) is 18.9 Å². The average Bonchev–Trinajstić information content (AvgIpc) is 2.64. The van der Waals surface area contributed by atoms with Gasteiger partial charge in [0, 0.05) is 31.7 Å². The molecular formula is C10H19N3O2. The molecule has 0 saturated carbocycles. The summed E-state index contributed by atoms with van der Waals surface area (Å²) < 4.78 is 1.74. The number of aliphatic hydroxyl groups is 2. The van der Waals surface area contributed by atoms with Crippen LogP contribution in [0.4, 0.5) is 0 Å². The largest absolute Gasteiger partial charge is 0.396 e. The van der Waals surface area contributed by atoms with Crippen LogP contribution in [0.2, 0.25) is 0 Å². The number of hydrogen-bond acceptors (Lipinski definition) is 4. The van der Waals surface area contributed by atoms with E-state index in [0.717, 1.165) is 5.69 Å². The smallest absolute Gasteiger partial charge is 0.0762 e. The Morgan fingerprint density at radius 3 is 2.60 bits per heavy atom. The number of nitrogens with zero attached hydrogens (tertiary/aromatic N) is 2. The fourth-order valence-electron chi connectivity index (χ4n) is 1.21. The maximum atomic E-state index is 9.07.